The molecule has 2 rings (SSSR count). The Morgan fingerprint density at radius 2 is 1.94 bits per heavy atom. The van der Waals surface area contributed by atoms with Crippen LogP contribution in [0.2, 0.25) is 0 Å². The third-order valence-corrected chi connectivity index (χ3v) is 3.60. The summed E-state index contributed by atoms with van der Waals surface area (Å²) in [6.45, 7) is 4.93. The van der Waals surface area contributed by atoms with Gasteiger partial charge in [0.25, 0.3) is 0 Å². The molecule has 5 nitrogen and oxygen atoms in total. The van der Waals surface area contributed by atoms with Crippen molar-refractivity contribution < 1.29 is 14.3 Å². The number of ether oxygens (including phenoxy) is 2. The Hall–Kier alpha value is -0.650. The summed E-state index contributed by atoms with van der Waals surface area (Å²) in [5.74, 6) is 0.00785. The van der Waals surface area contributed by atoms with E-state index in [1.54, 1.807) is 0 Å². The van der Waals surface area contributed by atoms with Crippen LogP contribution in [-0.4, -0.2) is 50.5 Å². The van der Waals surface area contributed by atoms with E-state index in [9.17, 15) is 4.79 Å². The van der Waals surface area contributed by atoms with Crippen molar-refractivity contribution in [3.05, 3.63) is 0 Å². The zero-order chi connectivity index (χ0) is 12.8. The van der Waals surface area contributed by atoms with Crippen LogP contribution in [0.5, 0.6) is 0 Å². The first kappa shape index (κ1) is 13.8. The van der Waals surface area contributed by atoms with Crippen LogP contribution < -0.4 is 10.6 Å². The minimum atomic E-state index is 0.00785. The molecule has 2 fully saturated rings. The molecule has 1 saturated heterocycles. The van der Waals surface area contributed by atoms with Crippen LogP contribution in [0.3, 0.4) is 0 Å². The molecule has 2 N–H and O–H groups in total. The predicted octanol–water partition coefficient (Wildman–Crippen LogP) is 0.439. The largest absolute Gasteiger partial charge is 0.378 e. The molecule has 1 amide bonds. The summed E-state index contributed by atoms with van der Waals surface area (Å²) >= 11 is 0. The summed E-state index contributed by atoms with van der Waals surface area (Å²) in [6.07, 6.45) is 4.46. The lowest BCUT2D eigenvalue weighted by Gasteiger charge is -2.35. The van der Waals surface area contributed by atoms with Gasteiger partial charge in [0.05, 0.1) is 12.2 Å². The lowest BCUT2D eigenvalue weighted by Crippen LogP contribution is -2.49. The molecule has 1 heterocycles. The SMILES string of the molecule is CCOC1CC(NC(=O)COC2CCNCC2)C1. The molecule has 0 aromatic heterocycles. The number of amides is 1. The predicted molar refractivity (Wildman–Crippen MR) is 68.4 cm³/mol. The van der Waals surface area contributed by atoms with Crippen LogP contribution in [0, 0.1) is 0 Å². The fraction of sp³-hybridized carbons (Fsp3) is 0.923. The monoisotopic (exact) mass is 256 g/mol. The standard InChI is InChI=1S/C13H24N2O3/c1-2-17-12-7-10(8-12)15-13(16)9-18-11-3-5-14-6-4-11/h10-12,14H,2-9H2,1H3,(H,15,16). The van der Waals surface area contributed by atoms with Gasteiger partial charge in [0.15, 0.2) is 0 Å². The molecule has 1 aliphatic heterocycles. The summed E-state index contributed by atoms with van der Waals surface area (Å²) in [6, 6.07) is 0.283. The minimum Gasteiger partial charge on any atom is -0.378 e. The van der Waals surface area contributed by atoms with Gasteiger partial charge in [-0.05, 0) is 45.7 Å². The Morgan fingerprint density at radius 3 is 2.61 bits per heavy atom. The molecule has 0 atom stereocenters. The third-order valence-electron chi connectivity index (χ3n) is 3.60. The molecular weight excluding hydrogens is 232 g/mol. The van der Waals surface area contributed by atoms with Crippen molar-refractivity contribution in [1.82, 2.24) is 10.6 Å². The van der Waals surface area contributed by atoms with Gasteiger partial charge in [0, 0.05) is 12.6 Å². The molecule has 104 valence electrons. The minimum absolute atomic E-state index is 0.00785. The lowest BCUT2D eigenvalue weighted by atomic mass is 9.89. The van der Waals surface area contributed by atoms with E-state index in [0.29, 0.717) is 6.10 Å². The van der Waals surface area contributed by atoms with Gasteiger partial charge in [-0.1, -0.05) is 0 Å². The molecule has 1 aliphatic carbocycles. The van der Waals surface area contributed by atoms with Gasteiger partial charge in [-0.15, -0.1) is 0 Å². The molecule has 0 aromatic rings. The number of carbonyl (C=O) groups is 1. The molecular formula is C13H24N2O3. The first-order chi connectivity index (χ1) is 8.78. The highest BCUT2D eigenvalue weighted by molar-refractivity contribution is 5.77. The van der Waals surface area contributed by atoms with Crippen molar-refractivity contribution in [1.29, 1.82) is 0 Å². The molecule has 1 saturated carbocycles. The number of rotatable bonds is 6. The highest BCUT2D eigenvalue weighted by Crippen LogP contribution is 2.23. The van der Waals surface area contributed by atoms with Gasteiger partial charge in [-0.2, -0.15) is 0 Å². The second kappa shape index (κ2) is 7.07. The molecule has 0 bridgehead atoms. The molecule has 0 aromatic carbocycles. The quantitative estimate of drug-likeness (QED) is 0.724. The Morgan fingerprint density at radius 1 is 1.22 bits per heavy atom. The average Bonchev–Trinajstić information content (AvgIpc) is 2.35. The van der Waals surface area contributed by atoms with Crippen molar-refractivity contribution in [2.75, 3.05) is 26.3 Å². The number of nitrogens with one attached hydrogen (secondary N) is 2. The molecule has 2 aliphatic rings. The van der Waals surface area contributed by atoms with E-state index in [1.165, 1.54) is 0 Å². The summed E-state index contributed by atoms with van der Waals surface area (Å²) in [4.78, 5) is 11.7. The van der Waals surface area contributed by atoms with Gasteiger partial charge in [0.1, 0.15) is 6.61 Å². The normalized spacial score (nSPS) is 28.7. The third kappa shape index (κ3) is 4.23. The van der Waals surface area contributed by atoms with Crippen LogP contribution in [0.15, 0.2) is 0 Å². The molecule has 18 heavy (non-hydrogen) atoms. The highest BCUT2D eigenvalue weighted by atomic mass is 16.5. The Bertz CT molecular complexity index is 261. The lowest BCUT2D eigenvalue weighted by molar-refractivity contribution is -0.130. The summed E-state index contributed by atoms with van der Waals surface area (Å²) in [5.41, 5.74) is 0. The van der Waals surface area contributed by atoms with E-state index >= 15 is 0 Å². The van der Waals surface area contributed by atoms with E-state index in [2.05, 4.69) is 10.6 Å². The van der Waals surface area contributed by atoms with E-state index in [0.717, 1.165) is 45.4 Å². The summed E-state index contributed by atoms with van der Waals surface area (Å²) in [7, 11) is 0. The van der Waals surface area contributed by atoms with Crippen molar-refractivity contribution in [2.45, 2.75) is 50.9 Å². The zero-order valence-corrected chi connectivity index (χ0v) is 11.1. The maximum absolute atomic E-state index is 11.7. The summed E-state index contributed by atoms with van der Waals surface area (Å²) in [5, 5.41) is 6.26. The van der Waals surface area contributed by atoms with Crippen molar-refractivity contribution >= 4 is 5.91 Å². The first-order valence-electron chi connectivity index (χ1n) is 7.01. The van der Waals surface area contributed by atoms with Crippen molar-refractivity contribution in [3.8, 4) is 0 Å². The number of piperidine rings is 1. The molecule has 0 spiro atoms. The molecule has 0 unspecified atom stereocenters. The number of hydrogen-bond acceptors (Lipinski definition) is 4. The van der Waals surface area contributed by atoms with Gasteiger partial charge < -0.3 is 20.1 Å². The fourth-order valence-electron chi connectivity index (χ4n) is 2.48. The van der Waals surface area contributed by atoms with Gasteiger partial charge in [0.2, 0.25) is 5.91 Å². The van der Waals surface area contributed by atoms with Crippen molar-refractivity contribution in [3.63, 3.8) is 0 Å². The van der Waals surface area contributed by atoms with E-state index < -0.39 is 0 Å². The molecule has 5 heteroatoms. The fourth-order valence-corrected chi connectivity index (χ4v) is 2.48. The van der Waals surface area contributed by atoms with Crippen LogP contribution >= 0.6 is 0 Å². The van der Waals surface area contributed by atoms with Crippen LogP contribution in [0.1, 0.15) is 32.6 Å². The van der Waals surface area contributed by atoms with Crippen LogP contribution in [-0.2, 0) is 14.3 Å². The second-order valence-electron chi connectivity index (χ2n) is 5.07. The van der Waals surface area contributed by atoms with Gasteiger partial charge >= 0.3 is 0 Å². The molecule has 0 radical (unpaired) electrons. The van der Waals surface area contributed by atoms with Crippen LogP contribution in [0.25, 0.3) is 0 Å². The first-order valence-corrected chi connectivity index (χ1v) is 7.01. The Kier molecular flexibility index (Phi) is 5.41. The van der Waals surface area contributed by atoms with Crippen LogP contribution in [0.4, 0.5) is 0 Å². The summed E-state index contributed by atoms with van der Waals surface area (Å²) < 4.78 is 11.1. The average molecular weight is 256 g/mol. The zero-order valence-electron chi connectivity index (χ0n) is 11.1. The van der Waals surface area contributed by atoms with Gasteiger partial charge in [-0.3, -0.25) is 4.79 Å². The number of hydrogen-bond donors (Lipinski definition) is 2. The van der Waals surface area contributed by atoms with E-state index in [1.807, 2.05) is 6.92 Å². The van der Waals surface area contributed by atoms with E-state index in [4.69, 9.17) is 9.47 Å². The maximum atomic E-state index is 11.7. The Balaban J connectivity index is 1.53. The maximum Gasteiger partial charge on any atom is 0.246 e. The number of carbonyl (C=O) groups excluding carboxylic acids is 1. The Labute approximate surface area is 109 Å². The smallest absolute Gasteiger partial charge is 0.246 e. The highest BCUT2D eigenvalue weighted by Gasteiger charge is 2.30. The second-order valence-corrected chi connectivity index (χ2v) is 5.07. The topological polar surface area (TPSA) is 59.6 Å². The van der Waals surface area contributed by atoms with Gasteiger partial charge in [-0.25, -0.2) is 0 Å². The van der Waals surface area contributed by atoms with E-state index in [-0.39, 0.29) is 24.7 Å². The van der Waals surface area contributed by atoms with Crippen molar-refractivity contribution in [2.24, 2.45) is 0 Å².